The molecule has 0 aliphatic heterocycles. The van der Waals surface area contributed by atoms with Crippen LogP contribution in [0.5, 0.6) is 0 Å². The molecule has 0 unspecified atom stereocenters. The molecule has 3 aromatic rings. The van der Waals surface area contributed by atoms with Crippen molar-refractivity contribution in [2.75, 3.05) is 20.0 Å². The highest BCUT2D eigenvalue weighted by Crippen LogP contribution is 2.23. The number of fused-ring (bicyclic) bond motifs is 1. The van der Waals surface area contributed by atoms with Crippen molar-refractivity contribution in [3.8, 4) is 11.1 Å². The van der Waals surface area contributed by atoms with Crippen molar-refractivity contribution in [2.45, 2.75) is 18.6 Å². The molecule has 2 aromatic heterocycles. The van der Waals surface area contributed by atoms with E-state index in [1.807, 2.05) is 31.2 Å². The molecule has 0 bridgehead atoms. The predicted molar refractivity (Wildman–Crippen MR) is 99.0 cm³/mol. The number of aryl methyl sites for hydroxylation is 1. The fourth-order valence-corrected chi connectivity index (χ4v) is 3.28. The second kappa shape index (κ2) is 6.97. The van der Waals surface area contributed by atoms with Gasteiger partial charge in [-0.05, 0) is 24.1 Å². The molecule has 0 saturated carbocycles. The van der Waals surface area contributed by atoms with Gasteiger partial charge in [0.15, 0.2) is 0 Å². The fraction of sp³-hybridized carbons (Fsp3) is 0.278. The Balaban J connectivity index is 2.35. The molecule has 0 aliphatic rings. The van der Waals surface area contributed by atoms with Gasteiger partial charge in [0.1, 0.15) is 5.65 Å². The van der Waals surface area contributed by atoms with Crippen LogP contribution >= 0.6 is 0 Å². The van der Waals surface area contributed by atoms with Gasteiger partial charge in [0.2, 0.25) is 15.0 Å². The van der Waals surface area contributed by atoms with Crippen molar-refractivity contribution in [2.24, 2.45) is 0 Å². The lowest BCUT2D eigenvalue weighted by Crippen LogP contribution is -2.25. The molecular formula is C18H19N3O4S. The standard InChI is InChI=1S/C18H19N3O4S/c1-12-6-4-5-7-14(12)15-10-13-11-19-18(26(3,23)24)20-16(13)21(17(15)22)8-9-25-2/h4-7,10-11H,8-9H2,1-3H3. The summed E-state index contributed by atoms with van der Waals surface area (Å²) in [5.41, 5.74) is 2.33. The van der Waals surface area contributed by atoms with E-state index < -0.39 is 9.84 Å². The average Bonchev–Trinajstić information content (AvgIpc) is 2.60. The summed E-state index contributed by atoms with van der Waals surface area (Å²) in [6.45, 7) is 2.48. The van der Waals surface area contributed by atoms with E-state index in [-0.39, 0.29) is 22.9 Å². The number of aromatic nitrogens is 3. The van der Waals surface area contributed by atoms with E-state index in [2.05, 4.69) is 9.97 Å². The Kier molecular flexibility index (Phi) is 4.88. The largest absolute Gasteiger partial charge is 0.383 e. The number of hydrogen-bond donors (Lipinski definition) is 0. The number of hydrogen-bond acceptors (Lipinski definition) is 6. The van der Waals surface area contributed by atoms with Crippen molar-refractivity contribution < 1.29 is 13.2 Å². The Bertz CT molecular complexity index is 1140. The Labute approximate surface area is 151 Å². The molecule has 7 nitrogen and oxygen atoms in total. The van der Waals surface area contributed by atoms with Gasteiger partial charge in [-0.3, -0.25) is 9.36 Å². The number of methoxy groups -OCH3 is 1. The zero-order valence-corrected chi connectivity index (χ0v) is 15.6. The molecule has 0 amide bonds. The van der Waals surface area contributed by atoms with Gasteiger partial charge >= 0.3 is 0 Å². The first-order valence-electron chi connectivity index (χ1n) is 7.98. The molecule has 1 aromatic carbocycles. The first kappa shape index (κ1) is 18.2. The van der Waals surface area contributed by atoms with E-state index >= 15 is 0 Å². The Morgan fingerprint density at radius 3 is 2.58 bits per heavy atom. The zero-order chi connectivity index (χ0) is 18.9. The minimum Gasteiger partial charge on any atom is -0.383 e. The zero-order valence-electron chi connectivity index (χ0n) is 14.8. The van der Waals surface area contributed by atoms with E-state index in [9.17, 15) is 13.2 Å². The van der Waals surface area contributed by atoms with Gasteiger partial charge in [-0.25, -0.2) is 13.4 Å². The summed E-state index contributed by atoms with van der Waals surface area (Å²) in [5, 5.41) is 0.283. The van der Waals surface area contributed by atoms with Gasteiger partial charge in [-0.1, -0.05) is 24.3 Å². The van der Waals surface area contributed by atoms with Gasteiger partial charge in [0, 0.05) is 30.5 Å². The van der Waals surface area contributed by atoms with Crippen LogP contribution in [0, 0.1) is 6.92 Å². The molecule has 0 saturated heterocycles. The van der Waals surface area contributed by atoms with Crippen LogP contribution in [0.3, 0.4) is 0 Å². The lowest BCUT2D eigenvalue weighted by Gasteiger charge is -2.13. The monoisotopic (exact) mass is 373 g/mol. The summed E-state index contributed by atoms with van der Waals surface area (Å²) >= 11 is 0. The van der Waals surface area contributed by atoms with Crippen LogP contribution in [-0.4, -0.2) is 42.9 Å². The SMILES string of the molecule is COCCn1c(=O)c(-c2ccccc2C)cc2cnc(S(C)(=O)=O)nc21. The van der Waals surface area contributed by atoms with Gasteiger partial charge in [0.25, 0.3) is 5.56 Å². The van der Waals surface area contributed by atoms with Crippen LogP contribution in [0.4, 0.5) is 0 Å². The van der Waals surface area contributed by atoms with Crippen molar-refractivity contribution in [1.29, 1.82) is 0 Å². The van der Waals surface area contributed by atoms with Crippen molar-refractivity contribution in [3.05, 3.63) is 52.4 Å². The van der Waals surface area contributed by atoms with E-state index in [0.717, 1.165) is 17.4 Å². The van der Waals surface area contributed by atoms with E-state index in [4.69, 9.17) is 4.74 Å². The molecule has 3 rings (SSSR count). The lowest BCUT2D eigenvalue weighted by atomic mass is 10.0. The second-order valence-electron chi connectivity index (χ2n) is 6.03. The van der Waals surface area contributed by atoms with Crippen molar-refractivity contribution in [1.82, 2.24) is 14.5 Å². The lowest BCUT2D eigenvalue weighted by molar-refractivity contribution is 0.187. The third kappa shape index (κ3) is 3.38. The molecule has 8 heteroatoms. The number of pyridine rings is 1. The summed E-state index contributed by atoms with van der Waals surface area (Å²) in [4.78, 5) is 21.2. The van der Waals surface area contributed by atoms with Crippen LogP contribution < -0.4 is 5.56 Å². The van der Waals surface area contributed by atoms with E-state index in [0.29, 0.717) is 17.6 Å². The van der Waals surface area contributed by atoms with Crippen LogP contribution in [0.25, 0.3) is 22.2 Å². The summed E-state index contributed by atoms with van der Waals surface area (Å²) in [5.74, 6) is 0. The minimum absolute atomic E-state index is 0.248. The minimum atomic E-state index is -3.58. The maximum atomic E-state index is 13.1. The first-order valence-corrected chi connectivity index (χ1v) is 9.87. The highest BCUT2D eigenvalue weighted by Gasteiger charge is 2.17. The molecule has 0 fully saturated rings. The van der Waals surface area contributed by atoms with Crippen molar-refractivity contribution in [3.63, 3.8) is 0 Å². The van der Waals surface area contributed by atoms with Crippen LogP contribution in [0.2, 0.25) is 0 Å². The molecule has 26 heavy (non-hydrogen) atoms. The highest BCUT2D eigenvalue weighted by molar-refractivity contribution is 7.90. The van der Waals surface area contributed by atoms with E-state index in [1.54, 1.807) is 6.07 Å². The van der Waals surface area contributed by atoms with Crippen molar-refractivity contribution >= 4 is 20.9 Å². The molecule has 0 N–H and O–H groups in total. The smallest absolute Gasteiger partial charge is 0.260 e. The van der Waals surface area contributed by atoms with Gasteiger partial charge in [0.05, 0.1) is 13.2 Å². The van der Waals surface area contributed by atoms with Crippen LogP contribution in [-0.2, 0) is 21.1 Å². The van der Waals surface area contributed by atoms with Crippen LogP contribution in [0.15, 0.2) is 46.5 Å². The number of benzene rings is 1. The van der Waals surface area contributed by atoms with Gasteiger partial charge < -0.3 is 4.74 Å². The Morgan fingerprint density at radius 2 is 1.92 bits per heavy atom. The molecule has 136 valence electrons. The molecule has 2 heterocycles. The topological polar surface area (TPSA) is 91.2 Å². The summed E-state index contributed by atoms with van der Waals surface area (Å²) in [7, 11) is -2.05. The number of rotatable bonds is 5. The first-order chi connectivity index (χ1) is 12.3. The summed E-state index contributed by atoms with van der Waals surface area (Å²) < 4.78 is 30.1. The Morgan fingerprint density at radius 1 is 1.19 bits per heavy atom. The van der Waals surface area contributed by atoms with Gasteiger partial charge in [-0.2, -0.15) is 4.98 Å². The maximum absolute atomic E-state index is 13.1. The van der Waals surface area contributed by atoms with Crippen LogP contribution in [0.1, 0.15) is 5.56 Å². The van der Waals surface area contributed by atoms with E-state index in [1.165, 1.54) is 17.9 Å². The molecule has 0 radical (unpaired) electrons. The number of nitrogens with zero attached hydrogens (tertiary/aromatic N) is 3. The summed E-state index contributed by atoms with van der Waals surface area (Å²) in [6.07, 6.45) is 2.47. The number of sulfone groups is 1. The third-order valence-corrected chi connectivity index (χ3v) is 4.95. The average molecular weight is 373 g/mol. The Hall–Kier alpha value is -2.58. The maximum Gasteiger partial charge on any atom is 0.260 e. The quantitative estimate of drug-likeness (QED) is 0.634. The molecule has 0 atom stereocenters. The normalized spacial score (nSPS) is 11.8. The highest BCUT2D eigenvalue weighted by atomic mass is 32.2. The molecule has 0 aliphatic carbocycles. The fourth-order valence-electron chi connectivity index (χ4n) is 2.78. The number of ether oxygens (including phenoxy) is 1. The predicted octanol–water partition coefficient (Wildman–Crippen LogP) is 1.82. The van der Waals surface area contributed by atoms with Gasteiger partial charge in [-0.15, -0.1) is 0 Å². The summed E-state index contributed by atoms with van der Waals surface area (Å²) in [6, 6.07) is 9.29. The molecular weight excluding hydrogens is 354 g/mol. The second-order valence-corrected chi connectivity index (χ2v) is 7.94. The third-order valence-electron chi connectivity index (χ3n) is 4.09. The molecule has 0 spiro atoms.